The van der Waals surface area contributed by atoms with Crippen LogP contribution in [0.25, 0.3) is 10.2 Å². The first-order chi connectivity index (χ1) is 17.9. The van der Waals surface area contributed by atoms with E-state index in [1.165, 1.54) is 24.3 Å². The van der Waals surface area contributed by atoms with Crippen LogP contribution < -0.4 is 10.6 Å². The van der Waals surface area contributed by atoms with Gasteiger partial charge in [-0.25, -0.2) is 9.18 Å². The van der Waals surface area contributed by atoms with Gasteiger partial charge in [0.1, 0.15) is 10.6 Å². The number of hydrogen-bond acceptors (Lipinski definition) is 6. The number of fused-ring (bicyclic) bond motifs is 1. The number of rotatable bonds is 6. The Morgan fingerprint density at radius 2 is 1.76 bits per heavy atom. The molecule has 5 rings (SSSR count). The van der Waals surface area contributed by atoms with Crippen molar-refractivity contribution in [3.63, 3.8) is 0 Å². The Hall–Kier alpha value is -4.05. The third kappa shape index (κ3) is 4.84. The Morgan fingerprint density at radius 3 is 2.43 bits per heavy atom. The number of amides is 2. The zero-order valence-electron chi connectivity index (χ0n) is 20.1. The SMILES string of the molecule is CCOC(=O)n1nc(NC(=O)c2ccc(F)cc2)c2cc(C(=O)NC3(c4ccccc4)CCCC3)sc21. The lowest BCUT2D eigenvalue weighted by atomic mass is 9.88. The summed E-state index contributed by atoms with van der Waals surface area (Å²) in [5.74, 6) is -1.15. The van der Waals surface area contributed by atoms with Crippen LogP contribution in [-0.2, 0) is 10.3 Å². The van der Waals surface area contributed by atoms with Gasteiger partial charge >= 0.3 is 6.09 Å². The fourth-order valence-corrected chi connectivity index (χ4v) is 5.70. The molecule has 0 spiro atoms. The van der Waals surface area contributed by atoms with Gasteiger partial charge in [0.2, 0.25) is 0 Å². The number of anilines is 1. The molecule has 37 heavy (non-hydrogen) atoms. The summed E-state index contributed by atoms with van der Waals surface area (Å²) in [5.41, 5.74) is 0.827. The summed E-state index contributed by atoms with van der Waals surface area (Å²) in [7, 11) is 0. The van der Waals surface area contributed by atoms with Crippen LogP contribution >= 0.6 is 11.3 Å². The zero-order valence-corrected chi connectivity index (χ0v) is 20.9. The van der Waals surface area contributed by atoms with Crippen molar-refractivity contribution in [3.05, 3.63) is 82.5 Å². The summed E-state index contributed by atoms with van der Waals surface area (Å²) < 4.78 is 19.4. The van der Waals surface area contributed by atoms with Crippen molar-refractivity contribution in [3.8, 4) is 0 Å². The molecular formula is C27H25FN4O4S. The first-order valence-electron chi connectivity index (χ1n) is 12.0. The largest absolute Gasteiger partial charge is 0.448 e. The predicted octanol–water partition coefficient (Wildman–Crippen LogP) is 5.69. The Morgan fingerprint density at radius 1 is 1.05 bits per heavy atom. The Kier molecular flexibility index (Phi) is 6.75. The number of aromatic nitrogens is 2. The van der Waals surface area contributed by atoms with Crippen molar-refractivity contribution in [2.24, 2.45) is 0 Å². The van der Waals surface area contributed by atoms with E-state index in [0.29, 0.717) is 15.1 Å². The molecule has 1 aliphatic rings. The van der Waals surface area contributed by atoms with Crippen LogP contribution in [0.15, 0.2) is 60.7 Å². The van der Waals surface area contributed by atoms with Crippen LogP contribution in [0, 0.1) is 5.82 Å². The molecule has 2 heterocycles. The number of carbonyl (C=O) groups is 3. The van der Waals surface area contributed by atoms with Gasteiger partial charge in [0.15, 0.2) is 5.82 Å². The second-order valence-electron chi connectivity index (χ2n) is 8.86. The van der Waals surface area contributed by atoms with Gasteiger partial charge in [-0.3, -0.25) is 9.59 Å². The quantitative estimate of drug-likeness (QED) is 0.340. The Bertz CT molecular complexity index is 1460. The second kappa shape index (κ2) is 10.1. The number of ether oxygens (including phenoxy) is 1. The Balaban J connectivity index is 1.48. The van der Waals surface area contributed by atoms with E-state index < -0.39 is 23.4 Å². The molecule has 0 radical (unpaired) electrons. The number of halogens is 1. The number of benzene rings is 2. The molecule has 0 atom stereocenters. The van der Waals surface area contributed by atoms with Gasteiger partial charge < -0.3 is 15.4 Å². The van der Waals surface area contributed by atoms with Crippen molar-refractivity contribution in [1.82, 2.24) is 15.1 Å². The highest BCUT2D eigenvalue weighted by Gasteiger charge is 2.37. The molecule has 1 fully saturated rings. The van der Waals surface area contributed by atoms with Gasteiger partial charge in [-0.2, -0.15) is 4.68 Å². The fourth-order valence-electron chi connectivity index (χ4n) is 4.70. The molecule has 2 N–H and O–H groups in total. The Labute approximate surface area is 216 Å². The molecular weight excluding hydrogens is 495 g/mol. The minimum Gasteiger partial charge on any atom is -0.448 e. The number of hydrogen-bond donors (Lipinski definition) is 2. The summed E-state index contributed by atoms with van der Waals surface area (Å²) in [6.07, 6.45) is 2.98. The van der Waals surface area contributed by atoms with Crippen molar-refractivity contribution >= 4 is 45.3 Å². The standard InChI is InChI=1S/C27H25FN4O4S/c1-2-36-26(35)32-25-20(22(31-32)29-23(33)17-10-12-19(28)13-11-17)16-21(37-25)24(34)30-27(14-6-7-15-27)18-8-4-3-5-9-18/h3-5,8-13,16H,2,6-7,14-15H2,1H3,(H,30,34)(H,29,31,33). The fraction of sp³-hybridized carbons (Fsp3) is 0.259. The predicted molar refractivity (Wildman–Crippen MR) is 138 cm³/mol. The maximum absolute atomic E-state index is 13.5. The van der Waals surface area contributed by atoms with E-state index in [1.54, 1.807) is 13.0 Å². The molecule has 0 saturated heterocycles. The average molecular weight is 521 g/mol. The summed E-state index contributed by atoms with van der Waals surface area (Å²) >= 11 is 1.10. The highest BCUT2D eigenvalue weighted by molar-refractivity contribution is 7.20. The number of nitrogens with zero attached hydrogens (tertiary/aromatic N) is 2. The first-order valence-corrected chi connectivity index (χ1v) is 12.9. The number of nitrogens with one attached hydrogen (secondary N) is 2. The number of carbonyl (C=O) groups excluding carboxylic acids is 3. The molecule has 8 nitrogen and oxygen atoms in total. The van der Waals surface area contributed by atoms with E-state index in [-0.39, 0.29) is 23.9 Å². The second-order valence-corrected chi connectivity index (χ2v) is 9.89. The summed E-state index contributed by atoms with van der Waals surface area (Å²) in [6.45, 7) is 1.81. The van der Waals surface area contributed by atoms with Crippen LogP contribution in [0.5, 0.6) is 0 Å². The van der Waals surface area contributed by atoms with Gasteiger partial charge in [-0.15, -0.1) is 16.4 Å². The average Bonchev–Trinajstić information content (AvgIpc) is 3.62. The molecule has 4 aromatic rings. The first kappa shape index (κ1) is 24.6. The lowest BCUT2D eigenvalue weighted by Gasteiger charge is -2.31. The highest BCUT2D eigenvalue weighted by Crippen LogP contribution is 2.40. The molecule has 2 amide bonds. The molecule has 10 heteroatoms. The van der Waals surface area contributed by atoms with E-state index in [9.17, 15) is 18.8 Å². The highest BCUT2D eigenvalue weighted by atomic mass is 32.1. The van der Waals surface area contributed by atoms with Gasteiger partial charge in [-0.1, -0.05) is 43.2 Å². The van der Waals surface area contributed by atoms with E-state index in [1.807, 2.05) is 30.3 Å². The van der Waals surface area contributed by atoms with Gasteiger partial charge in [0.05, 0.1) is 22.4 Å². The summed E-state index contributed by atoms with van der Waals surface area (Å²) in [6, 6.07) is 16.6. The molecule has 190 valence electrons. The minimum absolute atomic E-state index is 0.103. The topological polar surface area (TPSA) is 102 Å². The molecule has 0 unspecified atom stereocenters. The third-order valence-corrected chi connectivity index (χ3v) is 7.61. The molecule has 1 aliphatic carbocycles. The lowest BCUT2D eigenvalue weighted by Crippen LogP contribution is -2.43. The number of thiophene rings is 1. The van der Waals surface area contributed by atoms with E-state index in [4.69, 9.17) is 4.74 Å². The van der Waals surface area contributed by atoms with Crippen LogP contribution in [0.1, 0.15) is 58.2 Å². The van der Waals surface area contributed by atoms with Gasteiger partial charge in [0.25, 0.3) is 11.8 Å². The molecule has 0 aliphatic heterocycles. The van der Waals surface area contributed by atoms with Gasteiger partial charge in [-0.05, 0) is 55.7 Å². The van der Waals surface area contributed by atoms with E-state index in [0.717, 1.165) is 47.3 Å². The normalized spacial score (nSPS) is 14.4. The van der Waals surface area contributed by atoms with Crippen LogP contribution in [0.2, 0.25) is 0 Å². The monoisotopic (exact) mass is 520 g/mol. The molecule has 2 aromatic heterocycles. The zero-order chi connectivity index (χ0) is 26.0. The van der Waals surface area contributed by atoms with Crippen molar-refractivity contribution in [2.45, 2.75) is 38.1 Å². The van der Waals surface area contributed by atoms with Crippen molar-refractivity contribution in [1.29, 1.82) is 0 Å². The molecule has 0 bridgehead atoms. The third-order valence-electron chi connectivity index (χ3n) is 6.50. The van der Waals surface area contributed by atoms with Crippen LogP contribution in [-0.4, -0.2) is 34.3 Å². The van der Waals surface area contributed by atoms with E-state index in [2.05, 4.69) is 15.7 Å². The van der Waals surface area contributed by atoms with Crippen molar-refractivity contribution in [2.75, 3.05) is 11.9 Å². The van der Waals surface area contributed by atoms with Crippen molar-refractivity contribution < 1.29 is 23.5 Å². The molecule has 2 aromatic carbocycles. The lowest BCUT2D eigenvalue weighted by molar-refractivity contribution is 0.0902. The van der Waals surface area contributed by atoms with Crippen LogP contribution in [0.3, 0.4) is 0 Å². The summed E-state index contributed by atoms with van der Waals surface area (Å²) in [4.78, 5) is 39.6. The maximum Gasteiger partial charge on any atom is 0.436 e. The maximum atomic E-state index is 13.5. The minimum atomic E-state index is -0.722. The van der Waals surface area contributed by atoms with Gasteiger partial charge in [0, 0.05) is 5.56 Å². The van der Waals surface area contributed by atoms with E-state index >= 15 is 0 Å². The summed E-state index contributed by atoms with van der Waals surface area (Å²) in [5, 5.41) is 10.6. The molecule has 1 saturated carbocycles. The van der Waals surface area contributed by atoms with Crippen LogP contribution in [0.4, 0.5) is 15.0 Å². The smallest absolute Gasteiger partial charge is 0.436 e.